The van der Waals surface area contributed by atoms with Crippen LogP contribution in [0.5, 0.6) is 0 Å². The van der Waals surface area contributed by atoms with Crippen LogP contribution in [-0.2, 0) is 4.43 Å². The Morgan fingerprint density at radius 2 is 1.69 bits per heavy atom. The normalized spacial score (nSPS) is 12.0. The maximum absolute atomic E-state index is 9.26. The molecule has 0 aromatic carbocycles. The quantitative estimate of drug-likeness (QED) is 0.307. The second kappa shape index (κ2) is 10.2. The summed E-state index contributed by atoms with van der Waals surface area (Å²) in [5, 5.41) is 3.27. The molecule has 0 saturated heterocycles. The average Bonchev–Trinajstić information content (AvgIpc) is 2.27. The number of nitrogens with one attached hydrogen (secondary N) is 1. The molecule has 0 aliphatic heterocycles. The summed E-state index contributed by atoms with van der Waals surface area (Å²) in [7, 11) is -1.97. The van der Waals surface area contributed by atoms with Crippen molar-refractivity contribution >= 4 is 8.80 Å². The molecule has 0 saturated carbocycles. The van der Waals surface area contributed by atoms with Crippen LogP contribution in [-0.4, -0.2) is 45.1 Å². The predicted octanol–water partition coefficient (Wildman–Crippen LogP) is 0.0551. The molecular weight excluding hydrogens is 224 g/mol. The van der Waals surface area contributed by atoms with Gasteiger partial charge in [-0.3, -0.25) is 0 Å². The number of hydrogen-bond donors (Lipinski definition) is 4. The molecule has 0 amide bonds. The van der Waals surface area contributed by atoms with Crippen molar-refractivity contribution in [3.8, 4) is 0 Å². The van der Waals surface area contributed by atoms with Gasteiger partial charge in [0.2, 0.25) is 0 Å². The van der Waals surface area contributed by atoms with Crippen LogP contribution in [0.2, 0.25) is 6.04 Å². The van der Waals surface area contributed by atoms with Crippen LogP contribution in [0.3, 0.4) is 0 Å². The summed E-state index contributed by atoms with van der Waals surface area (Å²) in [6.07, 6.45) is 5.42. The van der Waals surface area contributed by atoms with Gasteiger partial charge in [-0.15, -0.1) is 0 Å². The van der Waals surface area contributed by atoms with Gasteiger partial charge >= 0.3 is 8.80 Å². The summed E-state index contributed by atoms with van der Waals surface area (Å²) < 4.78 is 4.62. The Hall–Kier alpha value is 0.0169. The Labute approximate surface area is 99.4 Å². The second-order valence-corrected chi connectivity index (χ2v) is 6.40. The van der Waals surface area contributed by atoms with Crippen LogP contribution in [0.15, 0.2) is 0 Å². The monoisotopic (exact) mass is 250 g/mol. The van der Waals surface area contributed by atoms with Crippen LogP contribution < -0.4 is 11.1 Å². The minimum absolute atomic E-state index is 0.365. The van der Waals surface area contributed by atoms with E-state index in [9.17, 15) is 9.59 Å². The minimum Gasteiger partial charge on any atom is -0.390 e. The fourth-order valence-corrected chi connectivity index (χ4v) is 2.26. The van der Waals surface area contributed by atoms with Gasteiger partial charge < -0.3 is 25.1 Å². The number of hydrogen-bond acceptors (Lipinski definition) is 5. The first-order valence-corrected chi connectivity index (χ1v) is 8.04. The van der Waals surface area contributed by atoms with Crippen LogP contribution in [0.25, 0.3) is 0 Å². The van der Waals surface area contributed by atoms with Crippen molar-refractivity contribution in [3.63, 3.8) is 0 Å². The largest absolute Gasteiger partial charge is 0.495 e. The maximum Gasteiger partial charge on any atom is 0.495 e. The van der Waals surface area contributed by atoms with E-state index in [-0.39, 0.29) is 0 Å². The summed E-state index contributed by atoms with van der Waals surface area (Å²) in [5.74, 6) is 0. The topological polar surface area (TPSA) is 87.7 Å². The summed E-state index contributed by atoms with van der Waals surface area (Å²) in [4.78, 5) is 18.5. The van der Waals surface area contributed by atoms with Gasteiger partial charge in [-0.25, -0.2) is 0 Å². The molecule has 0 radical (unpaired) electrons. The first kappa shape index (κ1) is 16.0. The molecule has 0 unspecified atom stereocenters. The highest BCUT2D eigenvalue weighted by Gasteiger charge is 2.29. The average molecular weight is 250 g/mol. The highest BCUT2D eigenvalue weighted by molar-refractivity contribution is 6.57. The summed E-state index contributed by atoms with van der Waals surface area (Å²) in [5.41, 5.74) is 5.39. The van der Waals surface area contributed by atoms with E-state index in [2.05, 4.69) is 9.74 Å². The Morgan fingerprint density at radius 3 is 2.31 bits per heavy atom. The molecule has 0 aromatic rings. The second-order valence-electron chi connectivity index (χ2n) is 4.00. The Bertz CT molecular complexity index is 159. The lowest BCUT2D eigenvalue weighted by atomic mass is 10.2. The van der Waals surface area contributed by atoms with E-state index in [1.165, 1.54) is 20.0 Å². The molecule has 0 heterocycles. The molecule has 0 atom stereocenters. The lowest BCUT2D eigenvalue weighted by Gasteiger charge is -2.14. The zero-order valence-corrected chi connectivity index (χ0v) is 11.2. The van der Waals surface area contributed by atoms with E-state index in [0.717, 1.165) is 38.9 Å². The zero-order valence-electron chi connectivity index (χ0n) is 10.2. The van der Waals surface area contributed by atoms with Crippen molar-refractivity contribution in [2.45, 2.75) is 38.1 Å². The molecule has 5 N–H and O–H groups in total. The molecule has 6 heteroatoms. The highest BCUT2D eigenvalue weighted by Crippen LogP contribution is 2.04. The summed E-state index contributed by atoms with van der Waals surface area (Å²) >= 11 is 0. The third-order valence-electron chi connectivity index (χ3n) is 2.49. The first-order valence-electron chi connectivity index (χ1n) is 6.03. The van der Waals surface area contributed by atoms with Crippen LogP contribution >= 0.6 is 0 Å². The summed E-state index contributed by atoms with van der Waals surface area (Å²) in [6, 6.07) is 0.365. The third kappa shape index (κ3) is 10.5. The van der Waals surface area contributed by atoms with Crippen molar-refractivity contribution in [3.05, 3.63) is 0 Å². The van der Waals surface area contributed by atoms with Crippen molar-refractivity contribution in [1.29, 1.82) is 0 Å². The molecule has 0 aliphatic rings. The summed E-state index contributed by atoms with van der Waals surface area (Å²) in [6.45, 7) is 2.59. The van der Waals surface area contributed by atoms with Gasteiger partial charge in [-0.1, -0.05) is 12.8 Å². The fraction of sp³-hybridized carbons (Fsp3) is 1.00. The molecule has 0 rings (SSSR count). The van der Waals surface area contributed by atoms with E-state index in [1.807, 2.05) is 0 Å². The Morgan fingerprint density at radius 1 is 1.06 bits per heavy atom. The van der Waals surface area contributed by atoms with Crippen LogP contribution in [0, 0.1) is 0 Å². The van der Waals surface area contributed by atoms with Crippen LogP contribution in [0.4, 0.5) is 0 Å². The molecular formula is C10H26N2O3Si. The Kier molecular flexibility index (Phi) is 10.2. The van der Waals surface area contributed by atoms with E-state index < -0.39 is 8.80 Å². The van der Waals surface area contributed by atoms with Gasteiger partial charge in [0.1, 0.15) is 0 Å². The number of rotatable bonds is 11. The van der Waals surface area contributed by atoms with Gasteiger partial charge in [0.05, 0.1) is 0 Å². The molecule has 0 fully saturated rings. The lowest BCUT2D eigenvalue weighted by Crippen LogP contribution is -2.38. The lowest BCUT2D eigenvalue weighted by molar-refractivity contribution is 0.183. The Balaban J connectivity index is 3.10. The van der Waals surface area contributed by atoms with Gasteiger partial charge in [-0.05, 0) is 38.9 Å². The van der Waals surface area contributed by atoms with Crippen molar-refractivity contribution < 1.29 is 14.0 Å². The molecule has 0 spiro atoms. The minimum atomic E-state index is -3.32. The van der Waals surface area contributed by atoms with Gasteiger partial charge in [-0.2, -0.15) is 0 Å². The van der Waals surface area contributed by atoms with Gasteiger partial charge in [0.15, 0.2) is 0 Å². The van der Waals surface area contributed by atoms with E-state index in [0.29, 0.717) is 6.04 Å². The first-order chi connectivity index (χ1) is 7.62. The molecule has 5 nitrogen and oxygen atoms in total. The predicted molar refractivity (Wildman–Crippen MR) is 67.0 cm³/mol. The van der Waals surface area contributed by atoms with Crippen molar-refractivity contribution in [1.82, 2.24) is 5.32 Å². The van der Waals surface area contributed by atoms with Gasteiger partial charge in [0, 0.05) is 13.2 Å². The zero-order chi connectivity index (χ0) is 12.3. The molecule has 98 valence electrons. The number of unbranched alkanes of at least 4 members (excludes halogenated alkanes) is 3. The standard InChI is InChI=1S/C10H26N2O3Si/c1-15-16(13,14)10-6-9-12-8-5-3-2-4-7-11/h12-14H,2-11H2,1H3. The number of nitrogens with two attached hydrogens (primary N) is 1. The maximum atomic E-state index is 9.26. The van der Waals surface area contributed by atoms with E-state index in [1.54, 1.807) is 0 Å². The van der Waals surface area contributed by atoms with E-state index in [4.69, 9.17) is 5.73 Å². The molecule has 0 bridgehead atoms. The van der Waals surface area contributed by atoms with E-state index >= 15 is 0 Å². The van der Waals surface area contributed by atoms with Crippen molar-refractivity contribution in [2.24, 2.45) is 5.73 Å². The highest BCUT2D eigenvalue weighted by atomic mass is 28.4. The molecule has 0 aliphatic carbocycles. The molecule has 0 aromatic heterocycles. The van der Waals surface area contributed by atoms with Crippen LogP contribution in [0.1, 0.15) is 32.1 Å². The fourth-order valence-electron chi connectivity index (χ4n) is 1.42. The smallest absolute Gasteiger partial charge is 0.390 e. The molecule has 16 heavy (non-hydrogen) atoms. The SMILES string of the molecule is CO[Si](O)(O)CCCNCCCCCCN. The third-order valence-corrected chi connectivity index (χ3v) is 4.15. The van der Waals surface area contributed by atoms with Crippen molar-refractivity contribution in [2.75, 3.05) is 26.7 Å². The van der Waals surface area contributed by atoms with Gasteiger partial charge in [0.25, 0.3) is 0 Å².